The molecule has 0 saturated heterocycles. The van der Waals surface area contributed by atoms with Gasteiger partial charge in [0.15, 0.2) is 0 Å². The molecule has 2 heterocycles. The number of hydrogen-bond donors (Lipinski definition) is 1. The largest absolute Gasteiger partial charge is 0.451 e. The lowest BCUT2D eigenvalue weighted by Gasteiger charge is -2.06. The predicted molar refractivity (Wildman–Crippen MR) is 70.8 cm³/mol. The molecule has 2 aromatic heterocycles. The maximum atomic E-state index is 13.7. The Balaban J connectivity index is 2.38. The highest BCUT2D eigenvalue weighted by molar-refractivity contribution is 7.89. The number of halogens is 1. The lowest BCUT2D eigenvalue weighted by atomic mass is 10.0. The number of fused-ring (bicyclic) bond motifs is 1. The van der Waals surface area contributed by atoms with Crippen LogP contribution in [0, 0.1) is 5.82 Å². The zero-order valence-electron chi connectivity index (χ0n) is 10.1. The summed E-state index contributed by atoms with van der Waals surface area (Å²) in [6.07, 6.45) is 2.72. The van der Waals surface area contributed by atoms with Crippen molar-refractivity contribution in [3.8, 4) is 11.1 Å². The third kappa shape index (κ3) is 1.97. The highest BCUT2D eigenvalue weighted by Crippen LogP contribution is 2.33. The van der Waals surface area contributed by atoms with Crippen LogP contribution in [0.5, 0.6) is 0 Å². The Bertz CT molecular complexity index is 903. The van der Waals surface area contributed by atoms with Gasteiger partial charge in [-0.05, 0) is 30.3 Å². The summed E-state index contributed by atoms with van der Waals surface area (Å²) < 4.78 is 41.6. The fourth-order valence-corrected chi connectivity index (χ4v) is 2.74. The maximum absolute atomic E-state index is 13.7. The molecule has 3 aromatic rings. The van der Waals surface area contributed by atoms with Gasteiger partial charge in [0.2, 0.25) is 5.09 Å². The number of furan rings is 1. The Morgan fingerprint density at radius 3 is 2.70 bits per heavy atom. The molecule has 0 radical (unpaired) electrons. The van der Waals surface area contributed by atoms with Gasteiger partial charge in [0.05, 0.1) is 11.8 Å². The summed E-state index contributed by atoms with van der Waals surface area (Å²) in [5, 5.41) is 5.03. The Morgan fingerprint density at radius 1 is 1.15 bits per heavy atom. The van der Waals surface area contributed by atoms with Crippen LogP contribution in [-0.2, 0) is 10.0 Å². The monoisotopic (exact) mass is 292 g/mol. The number of sulfonamides is 1. The van der Waals surface area contributed by atoms with Crippen molar-refractivity contribution in [2.75, 3.05) is 0 Å². The van der Waals surface area contributed by atoms with Gasteiger partial charge in [-0.1, -0.05) is 0 Å². The average molecular weight is 292 g/mol. The Morgan fingerprint density at radius 2 is 1.95 bits per heavy atom. The number of aromatic nitrogens is 1. The standard InChI is InChI=1S/C13H9FN2O3S/c14-11-4-3-8(12-10(11)2-1-6-16-12)9-5-7-19-13(9)20(15,17)18/h1-7H,(H2,15,17,18). The van der Waals surface area contributed by atoms with E-state index >= 15 is 0 Å². The first-order valence-corrected chi connectivity index (χ1v) is 7.17. The molecule has 0 aliphatic heterocycles. The second kappa shape index (κ2) is 4.39. The second-order valence-electron chi connectivity index (χ2n) is 4.16. The molecule has 0 aliphatic rings. The normalized spacial score (nSPS) is 11.9. The summed E-state index contributed by atoms with van der Waals surface area (Å²) in [7, 11) is -4.01. The number of pyridine rings is 1. The van der Waals surface area contributed by atoms with E-state index in [0.29, 0.717) is 16.5 Å². The van der Waals surface area contributed by atoms with Gasteiger partial charge in [-0.3, -0.25) is 4.98 Å². The van der Waals surface area contributed by atoms with Crippen LogP contribution >= 0.6 is 0 Å². The van der Waals surface area contributed by atoms with E-state index in [1.807, 2.05) is 0 Å². The molecule has 5 nitrogen and oxygen atoms in total. The maximum Gasteiger partial charge on any atom is 0.272 e. The molecule has 7 heteroatoms. The average Bonchev–Trinajstić information content (AvgIpc) is 2.89. The molecule has 3 rings (SSSR count). The van der Waals surface area contributed by atoms with Gasteiger partial charge in [-0.25, -0.2) is 17.9 Å². The molecular formula is C13H9FN2O3S. The van der Waals surface area contributed by atoms with E-state index in [2.05, 4.69) is 4.98 Å². The first-order valence-electron chi connectivity index (χ1n) is 5.62. The first kappa shape index (κ1) is 12.8. The van der Waals surface area contributed by atoms with Gasteiger partial charge < -0.3 is 4.42 Å². The zero-order valence-corrected chi connectivity index (χ0v) is 10.9. The third-order valence-corrected chi connectivity index (χ3v) is 3.73. The van der Waals surface area contributed by atoms with Gasteiger partial charge in [-0.15, -0.1) is 0 Å². The highest BCUT2D eigenvalue weighted by Gasteiger charge is 2.21. The van der Waals surface area contributed by atoms with Crippen LogP contribution < -0.4 is 5.14 Å². The lowest BCUT2D eigenvalue weighted by Crippen LogP contribution is -2.12. The number of primary sulfonamides is 1. The van der Waals surface area contributed by atoms with E-state index in [1.54, 1.807) is 12.1 Å². The van der Waals surface area contributed by atoms with E-state index in [9.17, 15) is 12.8 Å². The van der Waals surface area contributed by atoms with Crippen LogP contribution in [0.15, 0.2) is 52.3 Å². The lowest BCUT2D eigenvalue weighted by molar-refractivity contribution is 0.452. The van der Waals surface area contributed by atoms with Crippen molar-refractivity contribution in [1.29, 1.82) is 0 Å². The molecule has 0 atom stereocenters. The minimum Gasteiger partial charge on any atom is -0.451 e. The SMILES string of the molecule is NS(=O)(=O)c1occc1-c1ccc(F)c2cccnc12. The van der Waals surface area contributed by atoms with E-state index in [0.717, 1.165) is 0 Å². The van der Waals surface area contributed by atoms with Crippen LogP contribution in [-0.4, -0.2) is 13.4 Å². The molecule has 102 valence electrons. The van der Waals surface area contributed by atoms with Crippen LogP contribution in [0.4, 0.5) is 4.39 Å². The molecule has 20 heavy (non-hydrogen) atoms. The molecule has 0 fully saturated rings. The van der Waals surface area contributed by atoms with Crippen molar-refractivity contribution < 1.29 is 17.2 Å². The van der Waals surface area contributed by atoms with Crippen molar-refractivity contribution in [2.24, 2.45) is 5.14 Å². The van der Waals surface area contributed by atoms with Crippen molar-refractivity contribution in [3.63, 3.8) is 0 Å². The molecular weight excluding hydrogens is 283 g/mol. The molecule has 0 saturated carbocycles. The summed E-state index contributed by atoms with van der Waals surface area (Å²) >= 11 is 0. The summed E-state index contributed by atoms with van der Waals surface area (Å²) in [6.45, 7) is 0. The summed E-state index contributed by atoms with van der Waals surface area (Å²) in [4.78, 5) is 4.10. The van der Waals surface area contributed by atoms with E-state index in [4.69, 9.17) is 9.56 Å². The Kier molecular flexibility index (Phi) is 2.81. The Labute approximate surface area is 113 Å². The summed E-state index contributed by atoms with van der Waals surface area (Å²) in [5.41, 5.74) is 1.05. The zero-order chi connectivity index (χ0) is 14.3. The molecule has 0 spiro atoms. The van der Waals surface area contributed by atoms with Crippen LogP contribution in [0.25, 0.3) is 22.0 Å². The number of nitrogens with zero attached hydrogens (tertiary/aromatic N) is 1. The smallest absolute Gasteiger partial charge is 0.272 e. The number of benzene rings is 1. The van der Waals surface area contributed by atoms with Crippen LogP contribution in [0.2, 0.25) is 0 Å². The molecule has 0 bridgehead atoms. The van der Waals surface area contributed by atoms with Crippen LogP contribution in [0.3, 0.4) is 0 Å². The fourth-order valence-electron chi connectivity index (χ4n) is 2.07. The van der Waals surface area contributed by atoms with Gasteiger partial charge in [0, 0.05) is 22.7 Å². The molecule has 0 aliphatic carbocycles. The first-order chi connectivity index (χ1) is 9.48. The van der Waals surface area contributed by atoms with Crippen LogP contribution in [0.1, 0.15) is 0 Å². The number of nitrogens with two attached hydrogens (primary N) is 1. The van der Waals surface area contributed by atoms with Gasteiger partial charge >= 0.3 is 0 Å². The summed E-state index contributed by atoms with van der Waals surface area (Å²) in [6, 6.07) is 7.33. The van der Waals surface area contributed by atoms with Crippen molar-refractivity contribution in [2.45, 2.75) is 5.09 Å². The quantitative estimate of drug-likeness (QED) is 0.785. The van der Waals surface area contributed by atoms with E-state index in [-0.39, 0.29) is 10.7 Å². The third-order valence-electron chi connectivity index (χ3n) is 2.89. The number of hydrogen-bond acceptors (Lipinski definition) is 4. The fraction of sp³-hybridized carbons (Fsp3) is 0. The topological polar surface area (TPSA) is 86.2 Å². The predicted octanol–water partition coefficient (Wildman–Crippen LogP) is 2.28. The highest BCUT2D eigenvalue weighted by atomic mass is 32.2. The molecule has 1 aromatic carbocycles. The number of rotatable bonds is 2. The minimum absolute atomic E-state index is 0.260. The Hall–Kier alpha value is -2.25. The molecule has 0 unspecified atom stereocenters. The van der Waals surface area contributed by atoms with Crippen molar-refractivity contribution >= 4 is 20.9 Å². The minimum atomic E-state index is -4.01. The van der Waals surface area contributed by atoms with Gasteiger partial charge in [0.1, 0.15) is 5.82 Å². The van der Waals surface area contributed by atoms with E-state index < -0.39 is 15.8 Å². The molecule has 0 amide bonds. The van der Waals surface area contributed by atoms with Crippen molar-refractivity contribution in [3.05, 3.63) is 48.6 Å². The van der Waals surface area contributed by atoms with E-state index in [1.165, 1.54) is 30.7 Å². The van der Waals surface area contributed by atoms with Gasteiger partial charge in [0.25, 0.3) is 10.0 Å². The van der Waals surface area contributed by atoms with Crippen molar-refractivity contribution in [1.82, 2.24) is 4.98 Å². The molecule has 2 N–H and O–H groups in total. The second-order valence-corrected chi connectivity index (χ2v) is 5.62. The van der Waals surface area contributed by atoms with Gasteiger partial charge in [-0.2, -0.15) is 0 Å². The summed E-state index contributed by atoms with van der Waals surface area (Å²) in [5.74, 6) is -0.433.